The molecule has 3 N–H and O–H groups in total. The molecule has 0 atom stereocenters. The van der Waals surface area contributed by atoms with Crippen molar-refractivity contribution in [2.45, 2.75) is 6.54 Å². The number of rotatable bonds is 4. The Bertz CT molecular complexity index is 697. The van der Waals surface area contributed by atoms with E-state index in [1.807, 2.05) is 30.3 Å². The molecule has 6 nitrogen and oxygen atoms in total. The van der Waals surface area contributed by atoms with Gasteiger partial charge < -0.3 is 11.1 Å². The average Bonchev–Trinajstić information content (AvgIpc) is 2.95. The third kappa shape index (κ3) is 2.89. The van der Waals surface area contributed by atoms with Crippen LogP contribution in [0, 0.1) is 0 Å². The zero-order chi connectivity index (χ0) is 13.8. The normalized spacial score (nSPS) is 10.4. The Morgan fingerprint density at radius 2 is 1.95 bits per heavy atom. The number of hydrogen-bond acceptors (Lipinski definition) is 7. The van der Waals surface area contributed by atoms with Crippen molar-refractivity contribution in [2.24, 2.45) is 0 Å². The lowest BCUT2D eigenvalue weighted by Crippen LogP contribution is -2.05. The van der Waals surface area contributed by atoms with Crippen molar-refractivity contribution in [2.75, 3.05) is 11.1 Å². The summed E-state index contributed by atoms with van der Waals surface area (Å²) in [6.07, 6.45) is 1.63. The van der Waals surface area contributed by atoms with E-state index in [1.54, 1.807) is 12.3 Å². The molecule has 0 saturated heterocycles. The van der Waals surface area contributed by atoms with Crippen LogP contribution in [0.4, 0.5) is 10.9 Å². The lowest BCUT2D eigenvalue weighted by molar-refractivity contribution is 0.952. The molecule has 0 aliphatic rings. The monoisotopic (exact) mass is 284 g/mol. The number of nitrogens with zero attached hydrogens (tertiary/aromatic N) is 4. The molecular formula is C13H12N6S. The van der Waals surface area contributed by atoms with E-state index in [2.05, 4.69) is 24.6 Å². The number of aromatic nitrogens is 4. The van der Waals surface area contributed by atoms with Crippen molar-refractivity contribution < 1.29 is 0 Å². The Hall–Kier alpha value is -2.54. The summed E-state index contributed by atoms with van der Waals surface area (Å²) in [5, 5.41) is 3.87. The van der Waals surface area contributed by atoms with Gasteiger partial charge in [0.25, 0.3) is 0 Å². The molecule has 3 rings (SSSR count). The first-order valence-electron chi connectivity index (χ1n) is 6.02. The molecule has 0 fully saturated rings. The highest BCUT2D eigenvalue weighted by molar-refractivity contribution is 7.09. The van der Waals surface area contributed by atoms with Crippen LogP contribution in [0.1, 0.15) is 5.82 Å². The maximum Gasteiger partial charge on any atom is 0.203 e. The number of hydrogen-bond donors (Lipinski definition) is 2. The Morgan fingerprint density at radius 3 is 2.75 bits per heavy atom. The van der Waals surface area contributed by atoms with Gasteiger partial charge in [-0.3, -0.25) is 0 Å². The molecule has 0 spiro atoms. The molecule has 2 heterocycles. The van der Waals surface area contributed by atoms with Crippen LogP contribution in [0.3, 0.4) is 0 Å². The summed E-state index contributed by atoms with van der Waals surface area (Å²) in [6, 6.07) is 11.5. The minimum atomic E-state index is 0.457. The number of benzene rings is 1. The van der Waals surface area contributed by atoms with E-state index in [0.717, 1.165) is 10.7 Å². The smallest absolute Gasteiger partial charge is 0.203 e. The predicted octanol–water partition coefficient (Wildman–Crippen LogP) is 2.19. The molecule has 0 radical (unpaired) electrons. The van der Waals surface area contributed by atoms with Crippen LogP contribution in [0.5, 0.6) is 0 Å². The standard InChI is InChI=1S/C13H12N6S/c14-10-6-7-15-11(17-10)8-16-13-18-12(19-20-13)9-4-2-1-3-5-9/h1-7H,8H2,(H2,14,15,17)(H,16,18,19). The van der Waals surface area contributed by atoms with Gasteiger partial charge in [-0.25, -0.2) is 9.97 Å². The van der Waals surface area contributed by atoms with Gasteiger partial charge in [-0.05, 0) is 6.07 Å². The van der Waals surface area contributed by atoms with E-state index in [1.165, 1.54) is 11.5 Å². The third-order valence-electron chi connectivity index (χ3n) is 2.58. The van der Waals surface area contributed by atoms with Gasteiger partial charge in [0.05, 0.1) is 6.54 Å². The molecule has 20 heavy (non-hydrogen) atoms. The first kappa shape index (κ1) is 12.5. The van der Waals surface area contributed by atoms with E-state index in [9.17, 15) is 0 Å². The van der Waals surface area contributed by atoms with Crippen LogP contribution in [-0.4, -0.2) is 19.3 Å². The quantitative estimate of drug-likeness (QED) is 0.763. The van der Waals surface area contributed by atoms with Crippen molar-refractivity contribution in [3.8, 4) is 11.4 Å². The summed E-state index contributed by atoms with van der Waals surface area (Å²) in [4.78, 5) is 12.7. The largest absolute Gasteiger partial charge is 0.384 e. The van der Waals surface area contributed by atoms with Crippen molar-refractivity contribution >= 4 is 22.5 Å². The molecule has 0 bridgehead atoms. The number of nitrogens with one attached hydrogen (secondary N) is 1. The Labute approximate surface area is 119 Å². The topological polar surface area (TPSA) is 89.6 Å². The number of nitrogens with two attached hydrogens (primary N) is 1. The lowest BCUT2D eigenvalue weighted by atomic mass is 10.2. The van der Waals surface area contributed by atoms with E-state index in [4.69, 9.17) is 5.73 Å². The molecule has 0 amide bonds. The minimum absolute atomic E-state index is 0.457. The van der Waals surface area contributed by atoms with Crippen LogP contribution in [0.15, 0.2) is 42.6 Å². The Morgan fingerprint density at radius 1 is 1.10 bits per heavy atom. The molecule has 7 heteroatoms. The van der Waals surface area contributed by atoms with Gasteiger partial charge in [0, 0.05) is 23.3 Å². The molecule has 0 unspecified atom stereocenters. The second-order valence-corrected chi connectivity index (χ2v) is 4.79. The number of anilines is 2. The Kier molecular flexibility index (Phi) is 3.51. The number of nitrogen functional groups attached to an aromatic ring is 1. The maximum absolute atomic E-state index is 5.60. The van der Waals surface area contributed by atoms with Crippen molar-refractivity contribution in [3.05, 3.63) is 48.4 Å². The van der Waals surface area contributed by atoms with Crippen molar-refractivity contribution in [3.63, 3.8) is 0 Å². The van der Waals surface area contributed by atoms with Crippen molar-refractivity contribution in [1.82, 2.24) is 19.3 Å². The fourth-order valence-electron chi connectivity index (χ4n) is 1.65. The van der Waals surface area contributed by atoms with Crippen LogP contribution < -0.4 is 11.1 Å². The highest BCUT2D eigenvalue weighted by Gasteiger charge is 2.06. The van der Waals surface area contributed by atoms with E-state index in [0.29, 0.717) is 24.0 Å². The summed E-state index contributed by atoms with van der Waals surface area (Å²) >= 11 is 1.31. The molecule has 100 valence electrons. The lowest BCUT2D eigenvalue weighted by Gasteiger charge is -2.01. The van der Waals surface area contributed by atoms with Crippen molar-refractivity contribution in [1.29, 1.82) is 0 Å². The highest BCUT2D eigenvalue weighted by atomic mass is 32.1. The molecule has 3 aromatic rings. The SMILES string of the molecule is Nc1ccnc(CNc2nc(-c3ccccc3)ns2)n1. The van der Waals surface area contributed by atoms with Crippen LogP contribution in [-0.2, 0) is 6.54 Å². The zero-order valence-corrected chi connectivity index (χ0v) is 11.3. The van der Waals surface area contributed by atoms with Gasteiger partial charge in [-0.2, -0.15) is 9.36 Å². The van der Waals surface area contributed by atoms with E-state index >= 15 is 0 Å². The second-order valence-electron chi connectivity index (χ2n) is 4.04. The van der Waals surface area contributed by atoms with Gasteiger partial charge >= 0.3 is 0 Å². The first-order valence-corrected chi connectivity index (χ1v) is 6.79. The molecule has 2 aromatic heterocycles. The van der Waals surface area contributed by atoms with Crippen LogP contribution in [0.25, 0.3) is 11.4 Å². The highest BCUT2D eigenvalue weighted by Crippen LogP contribution is 2.20. The summed E-state index contributed by atoms with van der Waals surface area (Å²) in [5.74, 6) is 1.80. The second kappa shape index (κ2) is 5.62. The fourth-order valence-corrected chi connectivity index (χ4v) is 2.24. The molecule has 1 aromatic carbocycles. The van der Waals surface area contributed by atoms with Gasteiger partial charge in [0.1, 0.15) is 11.6 Å². The first-order chi connectivity index (χ1) is 9.81. The third-order valence-corrected chi connectivity index (χ3v) is 3.26. The molecular weight excluding hydrogens is 272 g/mol. The van der Waals surface area contributed by atoms with E-state index < -0.39 is 0 Å². The average molecular weight is 284 g/mol. The van der Waals surface area contributed by atoms with Gasteiger partial charge in [0.15, 0.2) is 5.82 Å². The van der Waals surface area contributed by atoms with E-state index in [-0.39, 0.29) is 0 Å². The summed E-state index contributed by atoms with van der Waals surface area (Å²) in [5.41, 5.74) is 6.60. The molecule has 0 aliphatic heterocycles. The molecule has 0 aliphatic carbocycles. The summed E-state index contributed by atoms with van der Waals surface area (Å²) in [6.45, 7) is 0.467. The van der Waals surface area contributed by atoms with Gasteiger partial charge in [0.2, 0.25) is 5.13 Å². The fraction of sp³-hybridized carbons (Fsp3) is 0.0769. The van der Waals surface area contributed by atoms with Crippen LogP contribution in [0.2, 0.25) is 0 Å². The Balaban J connectivity index is 1.69. The summed E-state index contributed by atoms with van der Waals surface area (Å²) in [7, 11) is 0. The molecule has 0 saturated carbocycles. The van der Waals surface area contributed by atoms with Gasteiger partial charge in [-0.15, -0.1) is 0 Å². The minimum Gasteiger partial charge on any atom is -0.384 e. The van der Waals surface area contributed by atoms with Gasteiger partial charge in [-0.1, -0.05) is 30.3 Å². The van der Waals surface area contributed by atoms with Crippen LogP contribution >= 0.6 is 11.5 Å². The zero-order valence-electron chi connectivity index (χ0n) is 10.5. The predicted molar refractivity (Wildman–Crippen MR) is 79.1 cm³/mol. The maximum atomic E-state index is 5.60. The summed E-state index contributed by atoms with van der Waals surface area (Å²) < 4.78 is 4.32.